The third-order valence-corrected chi connectivity index (χ3v) is 4.60. The van der Waals surface area contributed by atoms with Crippen LogP contribution in [0.4, 0.5) is 5.82 Å². The molecule has 1 aliphatic heterocycles. The third-order valence-electron chi connectivity index (χ3n) is 4.60. The molecule has 3 rings (SSSR count). The van der Waals surface area contributed by atoms with Gasteiger partial charge < -0.3 is 19.6 Å². The Morgan fingerprint density at radius 2 is 2.12 bits per heavy atom. The Labute approximate surface area is 153 Å². The first-order chi connectivity index (χ1) is 12.5. The average Bonchev–Trinajstić information content (AvgIpc) is 2.67. The van der Waals surface area contributed by atoms with Crippen molar-refractivity contribution in [1.82, 2.24) is 14.9 Å². The van der Waals surface area contributed by atoms with E-state index >= 15 is 0 Å². The number of aromatic nitrogens is 2. The van der Waals surface area contributed by atoms with Crippen LogP contribution >= 0.6 is 0 Å². The van der Waals surface area contributed by atoms with E-state index in [1.807, 2.05) is 18.2 Å². The highest BCUT2D eigenvalue weighted by Gasteiger charge is 2.36. The van der Waals surface area contributed by atoms with Crippen molar-refractivity contribution in [3.05, 3.63) is 48.3 Å². The molecule has 1 N–H and O–H groups in total. The van der Waals surface area contributed by atoms with E-state index in [1.54, 1.807) is 31.6 Å². The number of anilines is 1. The second-order valence-electron chi connectivity index (χ2n) is 6.66. The monoisotopic (exact) mass is 356 g/mol. The van der Waals surface area contributed by atoms with E-state index < -0.39 is 5.60 Å². The lowest BCUT2D eigenvalue weighted by Crippen LogP contribution is -2.54. The Balaban J connectivity index is 1.71. The standard InChI is InChI=1S/C19H24N4O3/c1-22(18(24)15-7-5-11-21-17(15)26-2)13-19(25)9-6-12-23(14-19)16-8-3-4-10-20-16/h3-5,7-8,10-11,25H,6,9,12-14H2,1-2H3. The number of amides is 1. The molecule has 3 heterocycles. The van der Waals surface area contributed by atoms with Crippen LogP contribution in [0.3, 0.4) is 0 Å². The van der Waals surface area contributed by atoms with Gasteiger partial charge in [0, 0.05) is 32.5 Å². The first kappa shape index (κ1) is 18.1. The van der Waals surface area contributed by atoms with Gasteiger partial charge in [-0.1, -0.05) is 6.07 Å². The van der Waals surface area contributed by atoms with Crippen molar-refractivity contribution in [2.24, 2.45) is 0 Å². The first-order valence-electron chi connectivity index (χ1n) is 8.65. The Bertz CT molecular complexity index is 755. The van der Waals surface area contributed by atoms with Gasteiger partial charge in [-0.15, -0.1) is 0 Å². The Morgan fingerprint density at radius 1 is 1.31 bits per heavy atom. The van der Waals surface area contributed by atoms with Gasteiger partial charge in [-0.05, 0) is 37.1 Å². The predicted molar refractivity (Wildman–Crippen MR) is 98.4 cm³/mol. The number of rotatable bonds is 5. The van der Waals surface area contributed by atoms with E-state index in [1.165, 1.54) is 12.0 Å². The molecule has 1 unspecified atom stereocenters. The van der Waals surface area contributed by atoms with Crippen LogP contribution in [0.2, 0.25) is 0 Å². The molecule has 1 saturated heterocycles. The number of piperidine rings is 1. The van der Waals surface area contributed by atoms with Gasteiger partial charge in [0.25, 0.3) is 5.91 Å². The van der Waals surface area contributed by atoms with Crippen LogP contribution in [-0.2, 0) is 0 Å². The maximum Gasteiger partial charge on any atom is 0.259 e. The maximum atomic E-state index is 12.8. The second-order valence-corrected chi connectivity index (χ2v) is 6.66. The summed E-state index contributed by atoms with van der Waals surface area (Å²) in [7, 11) is 3.17. The molecule has 7 heteroatoms. The van der Waals surface area contributed by atoms with E-state index in [4.69, 9.17) is 4.74 Å². The molecule has 7 nitrogen and oxygen atoms in total. The largest absolute Gasteiger partial charge is 0.480 e. The van der Waals surface area contributed by atoms with Gasteiger partial charge in [0.15, 0.2) is 0 Å². The van der Waals surface area contributed by atoms with Crippen molar-refractivity contribution >= 4 is 11.7 Å². The number of nitrogens with zero attached hydrogens (tertiary/aromatic N) is 4. The zero-order valence-corrected chi connectivity index (χ0v) is 15.1. The number of ether oxygens (including phenoxy) is 1. The smallest absolute Gasteiger partial charge is 0.259 e. The van der Waals surface area contributed by atoms with Gasteiger partial charge >= 0.3 is 0 Å². The summed E-state index contributed by atoms with van der Waals surface area (Å²) in [4.78, 5) is 24.8. The number of carbonyl (C=O) groups is 1. The molecule has 0 aromatic carbocycles. The number of aliphatic hydroxyl groups is 1. The first-order valence-corrected chi connectivity index (χ1v) is 8.65. The molecule has 138 valence electrons. The predicted octanol–water partition coefficient (Wildman–Crippen LogP) is 1.59. The molecule has 0 saturated carbocycles. The molecule has 26 heavy (non-hydrogen) atoms. The number of β-amino-alcohol motifs (C(OH)–C–C–N with tert-alkyl or cyclic N) is 1. The van der Waals surface area contributed by atoms with E-state index in [0.717, 1.165) is 18.8 Å². The number of hydrogen-bond acceptors (Lipinski definition) is 6. The minimum Gasteiger partial charge on any atom is -0.480 e. The summed E-state index contributed by atoms with van der Waals surface area (Å²) >= 11 is 0. The average molecular weight is 356 g/mol. The zero-order chi connectivity index (χ0) is 18.6. The summed E-state index contributed by atoms with van der Waals surface area (Å²) in [6, 6.07) is 9.10. The molecule has 2 aromatic heterocycles. The van der Waals surface area contributed by atoms with Crippen LogP contribution in [0.1, 0.15) is 23.2 Å². The molecule has 0 spiro atoms. The van der Waals surface area contributed by atoms with E-state index in [-0.39, 0.29) is 18.3 Å². The highest BCUT2D eigenvalue weighted by atomic mass is 16.5. The summed E-state index contributed by atoms with van der Waals surface area (Å²) in [5.74, 6) is 0.905. The van der Waals surface area contributed by atoms with Crippen molar-refractivity contribution in [3.8, 4) is 5.88 Å². The zero-order valence-electron chi connectivity index (χ0n) is 15.1. The van der Waals surface area contributed by atoms with Crippen LogP contribution < -0.4 is 9.64 Å². The number of pyridine rings is 2. The lowest BCUT2D eigenvalue weighted by Gasteiger charge is -2.41. The third kappa shape index (κ3) is 3.94. The van der Waals surface area contributed by atoms with Crippen molar-refractivity contribution in [3.63, 3.8) is 0 Å². The summed E-state index contributed by atoms with van der Waals surface area (Å²) in [6.07, 6.45) is 4.80. The van der Waals surface area contributed by atoms with Gasteiger partial charge in [-0.3, -0.25) is 4.79 Å². The lowest BCUT2D eigenvalue weighted by atomic mass is 9.92. The van der Waals surface area contributed by atoms with Crippen LogP contribution in [0.5, 0.6) is 5.88 Å². The van der Waals surface area contributed by atoms with Gasteiger partial charge in [0.1, 0.15) is 11.4 Å². The van der Waals surface area contributed by atoms with Crippen LogP contribution in [0.15, 0.2) is 42.7 Å². The van der Waals surface area contributed by atoms with Crippen molar-refractivity contribution in [2.75, 3.05) is 38.7 Å². The van der Waals surface area contributed by atoms with Crippen molar-refractivity contribution in [1.29, 1.82) is 0 Å². The fourth-order valence-electron chi connectivity index (χ4n) is 3.41. The number of likely N-dealkylation sites (N-methyl/N-ethyl adjacent to an activating group) is 1. The Morgan fingerprint density at radius 3 is 2.85 bits per heavy atom. The summed E-state index contributed by atoms with van der Waals surface area (Å²) in [5, 5.41) is 11.1. The lowest BCUT2D eigenvalue weighted by molar-refractivity contribution is -0.000229. The molecule has 1 fully saturated rings. The molecule has 0 aliphatic carbocycles. The van der Waals surface area contributed by atoms with Crippen molar-refractivity contribution < 1.29 is 14.6 Å². The molecule has 0 radical (unpaired) electrons. The maximum absolute atomic E-state index is 12.8. The molecule has 1 amide bonds. The van der Waals surface area contributed by atoms with E-state index in [0.29, 0.717) is 18.5 Å². The van der Waals surface area contributed by atoms with E-state index in [9.17, 15) is 9.90 Å². The topological polar surface area (TPSA) is 78.8 Å². The fourth-order valence-corrected chi connectivity index (χ4v) is 3.41. The quantitative estimate of drug-likeness (QED) is 0.876. The summed E-state index contributed by atoms with van der Waals surface area (Å²) in [5.41, 5.74) is -0.603. The van der Waals surface area contributed by atoms with Gasteiger partial charge in [0.05, 0.1) is 19.3 Å². The minimum absolute atomic E-state index is 0.224. The second kappa shape index (κ2) is 7.70. The van der Waals surface area contributed by atoms with Gasteiger partial charge in [0.2, 0.25) is 5.88 Å². The number of hydrogen-bond donors (Lipinski definition) is 1. The van der Waals surface area contributed by atoms with Crippen LogP contribution in [0.25, 0.3) is 0 Å². The normalized spacial score (nSPS) is 19.9. The summed E-state index contributed by atoms with van der Waals surface area (Å²) in [6.45, 7) is 1.51. The molecule has 1 atom stereocenters. The minimum atomic E-state index is -0.990. The SMILES string of the molecule is COc1ncccc1C(=O)N(C)CC1(O)CCCN(c2ccccn2)C1. The molecule has 0 bridgehead atoms. The van der Waals surface area contributed by atoms with Crippen LogP contribution in [-0.4, -0.2) is 65.3 Å². The summed E-state index contributed by atoms with van der Waals surface area (Å²) < 4.78 is 5.17. The van der Waals surface area contributed by atoms with Crippen molar-refractivity contribution in [2.45, 2.75) is 18.4 Å². The van der Waals surface area contributed by atoms with Gasteiger partial charge in [-0.25, -0.2) is 9.97 Å². The molecular weight excluding hydrogens is 332 g/mol. The highest BCUT2D eigenvalue weighted by molar-refractivity contribution is 5.96. The Kier molecular flexibility index (Phi) is 5.37. The number of methoxy groups -OCH3 is 1. The molecule has 2 aromatic rings. The van der Waals surface area contributed by atoms with E-state index in [2.05, 4.69) is 14.9 Å². The molecule has 1 aliphatic rings. The fraction of sp³-hybridized carbons (Fsp3) is 0.421. The van der Waals surface area contributed by atoms with Gasteiger partial charge in [-0.2, -0.15) is 0 Å². The Hall–Kier alpha value is -2.67. The highest BCUT2D eigenvalue weighted by Crippen LogP contribution is 2.26. The van der Waals surface area contributed by atoms with Crippen LogP contribution in [0, 0.1) is 0 Å². The number of carbonyl (C=O) groups excluding carboxylic acids is 1. The molecular formula is C19H24N4O3.